The molecule has 1 aliphatic heterocycles. The van der Waals surface area contributed by atoms with Gasteiger partial charge >= 0.3 is 5.97 Å². The van der Waals surface area contributed by atoms with Gasteiger partial charge in [0.25, 0.3) is 5.79 Å². The standard InChI is InChI=1S/C9H13N9O5/c1-3(19)5(14-17-11)7-6(15-18-12)4(13-16-10)2-9(22,23-7)8(20)21/h3-7,19,22H,2H2,1H3,(H,20,21). The molecule has 0 saturated carbocycles. The summed E-state index contributed by atoms with van der Waals surface area (Å²) in [5.41, 5.74) is 25.8. The largest absolute Gasteiger partial charge is 0.477 e. The molecule has 0 aromatic carbocycles. The van der Waals surface area contributed by atoms with Crippen LogP contribution in [0.4, 0.5) is 0 Å². The molecule has 1 heterocycles. The Hall–Kier alpha value is -2.72. The second-order valence-corrected chi connectivity index (χ2v) is 4.78. The fourth-order valence-electron chi connectivity index (χ4n) is 2.25. The fraction of sp³-hybridized carbons (Fsp3) is 0.889. The molecule has 1 saturated heterocycles. The van der Waals surface area contributed by atoms with E-state index in [9.17, 15) is 15.0 Å². The lowest BCUT2D eigenvalue weighted by Crippen LogP contribution is -2.61. The number of hydrogen-bond acceptors (Lipinski definition) is 7. The van der Waals surface area contributed by atoms with E-state index >= 15 is 0 Å². The van der Waals surface area contributed by atoms with Gasteiger partial charge in [0.1, 0.15) is 0 Å². The smallest absolute Gasteiger partial charge is 0.364 e. The average molecular weight is 327 g/mol. The number of azide groups is 3. The van der Waals surface area contributed by atoms with Gasteiger partial charge in [-0.3, -0.25) is 0 Å². The summed E-state index contributed by atoms with van der Waals surface area (Å²) in [5, 5.41) is 38.8. The number of hydrogen-bond donors (Lipinski definition) is 3. The minimum absolute atomic E-state index is 0.685. The minimum atomic E-state index is -2.76. The van der Waals surface area contributed by atoms with E-state index in [1.807, 2.05) is 0 Å². The van der Waals surface area contributed by atoms with E-state index in [0.717, 1.165) is 0 Å². The van der Waals surface area contributed by atoms with E-state index < -0.39 is 48.5 Å². The molecule has 0 radical (unpaired) electrons. The summed E-state index contributed by atoms with van der Waals surface area (Å²) in [7, 11) is 0. The number of rotatable bonds is 6. The van der Waals surface area contributed by atoms with Crippen molar-refractivity contribution in [3.63, 3.8) is 0 Å². The fourth-order valence-corrected chi connectivity index (χ4v) is 2.25. The lowest BCUT2D eigenvalue weighted by molar-refractivity contribution is -0.266. The van der Waals surface area contributed by atoms with E-state index in [2.05, 4.69) is 30.1 Å². The van der Waals surface area contributed by atoms with E-state index in [0.29, 0.717) is 0 Å². The molecule has 0 aliphatic carbocycles. The number of aliphatic carboxylic acids is 1. The molecule has 0 aromatic rings. The van der Waals surface area contributed by atoms with Gasteiger partial charge in [0.2, 0.25) is 0 Å². The number of carboxylic acid groups (broad SMARTS) is 1. The van der Waals surface area contributed by atoms with Gasteiger partial charge in [-0.05, 0) is 23.5 Å². The highest BCUT2D eigenvalue weighted by Gasteiger charge is 2.53. The van der Waals surface area contributed by atoms with Gasteiger partial charge in [0.05, 0.1) is 30.3 Å². The normalized spacial score (nSPS) is 32.4. The summed E-state index contributed by atoms with van der Waals surface area (Å²) in [6.07, 6.45) is -3.53. The highest BCUT2D eigenvalue weighted by atomic mass is 16.7. The van der Waals surface area contributed by atoms with Crippen molar-refractivity contribution >= 4 is 5.97 Å². The van der Waals surface area contributed by atoms with Crippen LogP contribution in [-0.4, -0.2) is 57.4 Å². The highest BCUT2D eigenvalue weighted by Crippen LogP contribution is 2.34. The van der Waals surface area contributed by atoms with Gasteiger partial charge in [-0.2, -0.15) is 0 Å². The number of carbonyl (C=O) groups is 1. The number of aliphatic hydroxyl groups is 2. The van der Waals surface area contributed by atoms with Crippen molar-refractivity contribution in [1.29, 1.82) is 0 Å². The quantitative estimate of drug-likeness (QED) is 0.366. The molecule has 14 nitrogen and oxygen atoms in total. The molecule has 0 aromatic heterocycles. The Morgan fingerprint density at radius 3 is 2.35 bits per heavy atom. The average Bonchev–Trinajstić information content (AvgIpc) is 2.47. The van der Waals surface area contributed by atoms with Crippen molar-refractivity contribution in [3.8, 4) is 0 Å². The van der Waals surface area contributed by atoms with E-state index in [4.69, 9.17) is 26.4 Å². The van der Waals surface area contributed by atoms with Crippen LogP contribution in [0.1, 0.15) is 13.3 Å². The topological polar surface area (TPSA) is 233 Å². The first kappa shape index (κ1) is 18.3. The Bertz CT molecular complexity index is 607. The Morgan fingerprint density at radius 1 is 1.30 bits per heavy atom. The van der Waals surface area contributed by atoms with Crippen molar-refractivity contribution in [1.82, 2.24) is 0 Å². The molecule has 1 aliphatic rings. The van der Waals surface area contributed by atoms with Crippen molar-refractivity contribution in [2.45, 2.75) is 49.5 Å². The third-order valence-corrected chi connectivity index (χ3v) is 3.28. The molecule has 6 unspecified atom stereocenters. The zero-order valence-electron chi connectivity index (χ0n) is 11.8. The summed E-state index contributed by atoms with van der Waals surface area (Å²) >= 11 is 0. The first-order valence-corrected chi connectivity index (χ1v) is 6.25. The van der Waals surface area contributed by atoms with Crippen molar-refractivity contribution < 1.29 is 24.9 Å². The Labute approximate surface area is 128 Å². The van der Waals surface area contributed by atoms with Gasteiger partial charge in [-0.1, -0.05) is 15.3 Å². The number of carboxylic acids is 1. The zero-order chi connectivity index (χ0) is 17.6. The molecule has 3 N–H and O–H groups in total. The van der Waals surface area contributed by atoms with E-state index in [-0.39, 0.29) is 0 Å². The number of nitrogens with zero attached hydrogens (tertiary/aromatic N) is 9. The maximum atomic E-state index is 11.2. The second kappa shape index (κ2) is 7.51. The molecule has 124 valence electrons. The molecule has 6 atom stereocenters. The van der Waals surface area contributed by atoms with Crippen LogP contribution < -0.4 is 0 Å². The first-order valence-electron chi connectivity index (χ1n) is 6.25. The van der Waals surface area contributed by atoms with Gasteiger partial charge in [0.15, 0.2) is 0 Å². The van der Waals surface area contributed by atoms with Crippen LogP contribution >= 0.6 is 0 Å². The monoisotopic (exact) mass is 327 g/mol. The summed E-state index contributed by atoms with van der Waals surface area (Å²) in [5.74, 6) is -4.53. The number of ether oxygens (including phenoxy) is 1. The third kappa shape index (κ3) is 3.93. The molecule has 0 bridgehead atoms. The second-order valence-electron chi connectivity index (χ2n) is 4.78. The predicted octanol–water partition coefficient (Wildman–Crippen LogP) is 0.966. The van der Waals surface area contributed by atoms with Crippen LogP contribution in [0.3, 0.4) is 0 Å². The van der Waals surface area contributed by atoms with Crippen LogP contribution in [0.2, 0.25) is 0 Å². The Morgan fingerprint density at radius 2 is 1.91 bits per heavy atom. The van der Waals surface area contributed by atoms with Crippen molar-refractivity contribution in [3.05, 3.63) is 31.3 Å². The summed E-state index contributed by atoms with van der Waals surface area (Å²) < 4.78 is 5.04. The van der Waals surface area contributed by atoms with Gasteiger partial charge in [-0.15, -0.1) is 0 Å². The van der Waals surface area contributed by atoms with Gasteiger partial charge < -0.3 is 20.1 Å². The maximum absolute atomic E-state index is 11.2. The SMILES string of the molecule is CC(O)C(N=[N+]=[N-])C1OC(O)(C(=O)O)CC(N=[N+]=[N-])C1N=[N+]=[N-]. The first-order chi connectivity index (χ1) is 10.8. The van der Waals surface area contributed by atoms with Crippen LogP contribution in [0.25, 0.3) is 31.3 Å². The molecule has 1 rings (SSSR count). The molecular formula is C9H13N9O5. The van der Waals surface area contributed by atoms with Crippen LogP contribution in [0.5, 0.6) is 0 Å². The van der Waals surface area contributed by atoms with Crippen molar-refractivity contribution in [2.75, 3.05) is 0 Å². The Kier molecular flexibility index (Phi) is 5.99. The van der Waals surface area contributed by atoms with Crippen LogP contribution in [0.15, 0.2) is 15.3 Å². The maximum Gasteiger partial charge on any atom is 0.364 e. The summed E-state index contributed by atoms with van der Waals surface area (Å²) in [4.78, 5) is 18.8. The van der Waals surface area contributed by atoms with Gasteiger partial charge in [-0.25, -0.2) is 4.79 Å². The zero-order valence-corrected chi connectivity index (χ0v) is 11.8. The molecule has 14 heteroatoms. The lowest BCUT2D eigenvalue weighted by atomic mass is 9.87. The van der Waals surface area contributed by atoms with E-state index in [1.54, 1.807) is 0 Å². The minimum Gasteiger partial charge on any atom is -0.477 e. The summed E-state index contributed by atoms with van der Waals surface area (Å²) in [6.45, 7) is 1.23. The van der Waals surface area contributed by atoms with Crippen molar-refractivity contribution in [2.24, 2.45) is 15.3 Å². The molecular weight excluding hydrogens is 314 g/mol. The van der Waals surface area contributed by atoms with E-state index in [1.165, 1.54) is 6.92 Å². The molecule has 0 amide bonds. The molecule has 23 heavy (non-hydrogen) atoms. The third-order valence-electron chi connectivity index (χ3n) is 3.28. The predicted molar refractivity (Wildman–Crippen MR) is 72.6 cm³/mol. The van der Waals surface area contributed by atoms with Gasteiger partial charge in [0, 0.05) is 21.2 Å². The molecule has 1 fully saturated rings. The van der Waals surface area contributed by atoms with Crippen LogP contribution in [-0.2, 0) is 9.53 Å². The molecule has 0 spiro atoms. The highest BCUT2D eigenvalue weighted by molar-refractivity contribution is 5.75. The lowest BCUT2D eigenvalue weighted by Gasteiger charge is -2.43. The van der Waals surface area contributed by atoms with Crippen LogP contribution in [0, 0.1) is 0 Å². The number of aliphatic hydroxyl groups excluding tert-OH is 1. The Balaban J connectivity index is 3.43. The summed E-state index contributed by atoms with van der Waals surface area (Å²) in [6, 6.07) is -3.97.